The Bertz CT molecular complexity index is 409. The van der Waals surface area contributed by atoms with Gasteiger partial charge < -0.3 is 4.90 Å². The molecule has 0 spiro atoms. The van der Waals surface area contributed by atoms with Crippen molar-refractivity contribution in [2.24, 2.45) is 0 Å². The number of carbonyl (C=O) groups excluding carboxylic acids is 1. The van der Waals surface area contributed by atoms with E-state index in [0.29, 0.717) is 5.56 Å². The van der Waals surface area contributed by atoms with Crippen LogP contribution in [0.15, 0.2) is 12.1 Å². The summed E-state index contributed by atoms with van der Waals surface area (Å²) in [6.07, 6.45) is 5.80. The minimum Gasteiger partial charge on any atom is -0.339 e. The van der Waals surface area contributed by atoms with Gasteiger partial charge in [-0.1, -0.05) is 42.5 Å². The van der Waals surface area contributed by atoms with Gasteiger partial charge in [-0.25, -0.2) is 4.98 Å². The number of likely N-dealkylation sites (tertiary alicyclic amines) is 1. The molecule has 0 atom stereocenters. The maximum Gasteiger partial charge on any atom is 0.254 e. The van der Waals surface area contributed by atoms with Gasteiger partial charge in [0.1, 0.15) is 10.3 Å². The summed E-state index contributed by atoms with van der Waals surface area (Å²) < 4.78 is 0. The fourth-order valence-electron chi connectivity index (χ4n) is 2.22. The lowest BCUT2D eigenvalue weighted by Gasteiger charge is -2.24. The number of pyridine rings is 1. The van der Waals surface area contributed by atoms with Gasteiger partial charge in [0, 0.05) is 18.7 Å². The molecule has 0 N–H and O–H groups in total. The summed E-state index contributed by atoms with van der Waals surface area (Å²) in [5, 5.41) is 0.524. The van der Waals surface area contributed by atoms with Crippen LogP contribution in [0, 0.1) is 0 Å². The second-order valence-electron chi connectivity index (χ2n) is 4.56. The average molecular weight is 287 g/mol. The van der Waals surface area contributed by atoms with E-state index in [9.17, 15) is 4.79 Å². The molecule has 98 valence electrons. The Kier molecular flexibility index (Phi) is 4.84. The van der Waals surface area contributed by atoms with Gasteiger partial charge in [-0.2, -0.15) is 0 Å². The van der Waals surface area contributed by atoms with Crippen LogP contribution in [0.3, 0.4) is 0 Å². The van der Waals surface area contributed by atoms with E-state index in [2.05, 4.69) is 4.98 Å². The van der Waals surface area contributed by atoms with Gasteiger partial charge in [0.15, 0.2) is 0 Å². The standard InChI is InChI=1S/C13H16Cl2N2O/c14-11-8-10(9-12(15)16-11)13(18)17-6-4-2-1-3-5-7-17/h8-9H,1-7H2. The summed E-state index contributed by atoms with van der Waals surface area (Å²) in [5.74, 6) is 0.00287. The molecule has 0 radical (unpaired) electrons. The lowest BCUT2D eigenvalue weighted by molar-refractivity contribution is 0.0742. The van der Waals surface area contributed by atoms with Crippen molar-refractivity contribution in [1.29, 1.82) is 0 Å². The Hall–Kier alpha value is -0.800. The van der Waals surface area contributed by atoms with Crippen molar-refractivity contribution in [3.63, 3.8) is 0 Å². The quantitative estimate of drug-likeness (QED) is 0.736. The molecule has 2 rings (SSSR count). The van der Waals surface area contributed by atoms with Crippen LogP contribution in [0.1, 0.15) is 42.5 Å². The Morgan fingerprint density at radius 2 is 1.50 bits per heavy atom. The lowest BCUT2D eigenvalue weighted by atomic mass is 10.1. The summed E-state index contributed by atoms with van der Waals surface area (Å²) in [5.41, 5.74) is 0.528. The summed E-state index contributed by atoms with van der Waals surface area (Å²) in [7, 11) is 0. The maximum absolute atomic E-state index is 12.4. The van der Waals surface area contributed by atoms with Gasteiger partial charge in [-0.3, -0.25) is 4.79 Å². The van der Waals surface area contributed by atoms with E-state index in [1.165, 1.54) is 19.3 Å². The van der Waals surface area contributed by atoms with Gasteiger partial charge >= 0.3 is 0 Å². The monoisotopic (exact) mass is 286 g/mol. The Morgan fingerprint density at radius 1 is 1.00 bits per heavy atom. The van der Waals surface area contributed by atoms with E-state index < -0.39 is 0 Å². The first-order valence-corrected chi connectivity index (χ1v) is 7.05. The molecule has 18 heavy (non-hydrogen) atoms. The fraction of sp³-hybridized carbons (Fsp3) is 0.538. The molecule has 0 aromatic carbocycles. The number of hydrogen-bond acceptors (Lipinski definition) is 2. The number of carbonyl (C=O) groups is 1. The number of aromatic nitrogens is 1. The number of rotatable bonds is 1. The van der Waals surface area contributed by atoms with Crippen LogP contribution < -0.4 is 0 Å². The molecule has 2 heterocycles. The van der Waals surface area contributed by atoms with Crippen LogP contribution in [0.5, 0.6) is 0 Å². The predicted octanol–water partition coefficient (Wildman–Crippen LogP) is 3.79. The Balaban J connectivity index is 2.13. The summed E-state index contributed by atoms with van der Waals surface area (Å²) in [6.45, 7) is 1.63. The molecule has 1 aromatic rings. The molecule has 1 aliphatic rings. The smallest absolute Gasteiger partial charge is 0.254 e. The van der Waals surface area contributed by atoms with Crippen molar-refractivity contribution >= 4 is 29.1 Å². The molecule has 0 unspecified atom stereocenters. The molecule has 0 saturated carbocycles. The Morgan fingerprint density at radius 3 is 2.06 bits per heavy atom. The third-order valence-electron chi connectivity index (χ3n) is 3.15. The molecule has 1 fully saturated rings. The van der Waals surface area contributed by atoms with Crippen molar-refractivity contribution in [1.82, 2.24) is 9.88 Å². The van der Waals surface area contributed by atoms with Crippen LogP contribution in [0.2, 0.25) is 10.3 Å². The average Bonchev–Trinajstić information content (AvgIpc) is 2.26. The highest BCUT2D eigenvalue weighted by Gasteiger charge is 2.17. The van der Waals surface area contributed by atoms with E-state index in [4.69, 9.17) is 23.2 Å². The number of amides is 1. The molecular weight excluding hydrogens is 271 g/mol. The van der Waals surface area contributed by atoms with E-state index >= 15 is 0 Å². The van der Waals surface area contributed by atoms with Crippen LogP contribution in [-0.4, -0.2) is 28.9 Å². The molecule has 1 saturated heterocycles. The maximum atomic E-state index is 12.4. The molecule has 0 aliphatic carbocycles. The van der Waals surface area contributed by atoms with Gasteiger partial charge in [0.05, 0.1) is 0 Å². The van der Waals surface area contributed by atoms with Crippen LogP contribution in [0.25, 0.3) is 0 Å². The molecule has 1 aliphatic heterocycles. The Labute approximate surface area is 117 Å². The van der Waals surface area contributed by atoms with Crippen molar-refractivity contribution in [3.8, 4) is 0 Å². The van der Waals surface area contributed by atoms with Crippen molar-refractivity contribution < 1.29 is 4.79 Å². The second kappa shape index (κ2) is 6.39. The third kappa shape index (κ3) is 3.59. The summed E-state index contributed by atoms with van der Waals surface area (Å²) in [4.78, 5) is 18.1. The minimum absolute atomic E-state index is 0.00287. The zero-order chi connectivity index (χ0) is 13.0. The van der Waals surface area contributed by atoms with Gasteiger partial charge in [0.25, 0.3) is 5.91 Å². The van der Waals surface area contributed by atoms with Crippen LogP contribution in [0.4, 0.5) is 0 Å². The highest BCUT2D eigenvalue weighted by atomic mass is 35.5. The zero-order valence-corrected chi connectivity index (χ0v) is 11.7. The van der Waals surface area contributed by atoms with E-state index in [-0.39, 0.29) is 16.2 Å². The van der Waals surface area contributed by atoms with Gasteiger partial charge in [-0.05, 0) is 25.0 Å². The summed E-state index contributed by atoms with van der Waals surface area (Å²) >= 11 is 11.7. The van der Waals surface area contributed by atoms with Crippen LogP contribution in [-0.2, 0) is 0 Å². The molecular formula is C13H16Cl2N2O. The lowest BCUT2D eigenvalue weighted by Crippen LogP contribution is -2.33. The zero-order valence-electron chi connectivity index (χ0n) is 10.2. The second-order valence-corrected chi connectivity index (χ2v) is 5.34. The molecule has 1 amide bonds. The van der Waals surface area contributed by atoms with Gasteiger partial charge in [0.2, 0.25) is 0 Å². The van der Waals surface area contributed by atoms with Crippen molar-refractivity contribution in [3.05, 3.63) is 28.0 Å². The normalized spacial score (nSPS) is 17.1. The molecule has 3 nitrogen and oxygen atoms in total. The number of hydrogen-bond donors (Lipinski definition) is 0. The number of halogens is 2. The van der Waals surface area contributed by atoms with E-state index in [1.807, 2.05) is 4.90 Å². The van der Waals surface area contributed by atoms with Crippen LogP contribution >= 0.6 is 23.2 Å². The fourth-order valence-corrected chi connectivity index (χ4v) is 2.68. The largest absolute Gasteiger partial charge is 0.339 e. The highest BCUT2D eigenvalue weighted by molar-refractivity contribution is 6.33. The first-order chi connectivity index (χ1) is 8.66. The van der Waals surface area contributed by atoms with E-state index in [1.54, 1.807) is 12.1 Å². The van der Waals surface area contributed by atoms with Crippen molar-refractivity contribution in [2.45, 2.75) is 32.1 Å². The first-order valence-electron chi connectivity index (χ1n) is 6.29. The molecule has 1 aromatic heterocycles. The SMILES string of the molecule is O=C(c1cc(Cl)nc(Cl)c1)N1CCCCCCC1. The molecule has 0 bridgehead atoms. The van der Waals surface area contributed by atoms with Crippen molar-refractivity contribution in [2.75, 3.05) is 13.1 Å². The van der Waals surface area contributed by atoms with E-state index in [0.717, 1.165) is 25.9 Å². The first kappa shape index (κ1) is 13.6. The molecule has 5 heteroatoms. The topological polar surface area (TPSA) is 33.2 Å². The van der Waals surface area contributed by atoms with Gasteiger partial charge in [-0.15, -0.1) is 0 Å². The highest BCUT2D eigenvalue weighted by Crippen LogP contribution is 2.18. The summed E-state index contributed by atoms with van der Waals surface area (Å²) in [6, 6.07) is 3.16. The minimum atomic E-state index is 0.00287. The number of nitrogens with zero attached hydrogens (tertiary/aromatic N) is 2. The third-order valence-corrected chi connectivity index (χ3v) is 3.54. The predicted molar refractivity (Wildman–Crippen MR) is 73.2 cm³/mol.